The normalized spacial score (nSPS) is 10.5. The van der Waals surface area contributed by atoms with Crippen molar-refractivity contribution >= 4 is 23.2 Å². The maximum atomic E-state index is 11.5. The summed E-state index contributed by atoms with van der Waals surface area (Å²) >= 11 is 11.3. The molecule has 24 heavy (non-hydrogen) atoms. The molecule has 0 radical (unpaired) electrons. The lowest BCUT2D eigenvalue weighted by Crippen LogP contribution is -2.36. The molecule has 0 saturated heterocycles. The van der Waals surface area contributed by atoms with Gasteiger partial charge in [0.05, 0.1) is 23.4 Å². The van der Waals surface area contributed by atoms with E-state index in [1.165, 1.54) is 16.4 Å². The van der Waals surface area contributed by atoms with Crippen molar-refractivity contribution in [1.29, 1.82) is 0 Å². The van der Waals surface area contributed by atoms with Crippen molar-refractivity contribution in [2.45, 2.75) is 53.7 Å². The Hall–Kier alpha value is -1.36. The van der Waals surface area contributed by atoms with E-state index in [1.54, 1.807) is 0 Å². The van der Waals surface area contributed by atoms with Crippen LogP contribution in [0.15, 0.2) is 35.3 Å². The Bertz CT molecular complexity index is 667. The largest absolute Gasteiger partial charge is 0.392 e. The Morgan fingerprint density at radius 1 is 1.12 bits per heavy atom. The van der Waals surface area contributed by atoms with Crippen LogP contribution in [0.4, 0.5) is 0 Å². The Balaban J connectivity index is 0.000000436. The smallest absolute Gasteiger partial charge is 0.287 e. The zero-order chi connectivity index (χ0) is 17.6. The van der Waals surface area contributed by atoms with Gasteiger partial charge in [0.1, 0.15) is 5.02 Å². The van der Waals surface area contributed by atoms with Crippen LogP contribution < -0.4 is 5.56 Å². The summed E-state index contributed by atoms with van der Waals surface area (Å²) in [5.41, 5.74) is 1.56. The van der Waals surface area contributed by atoms with Crippen molar-refractivity contribution in [1.82, 2.24) is 9.78 Å². The first-order valence-corrected chi connectivity index (χ1v) is 8.08. The van der Waals surface area contributed by atoms with Crippen molar-refractivity contribution in [3.63, 3.8) is 0 Å². The van der Waals surface area contributed by atoms with Crippen molar-refractivity contribution in [2.75, 3.05) is 0 Å². The molecule has 1 heterocycles. The van der Waals surface area contributed by atoms with Crippen LogP contribution in [0.25, 0.3) is 0 Å². The van der Waals surface area contributed by atoms with Gasteiger partial charge in [0.15, 0.2) is 0 Å². The van der Waals surface area contributed by atoms with Gasteiger partial charge in [0, 0.05) is 0 Å². The van der Waals surface area contributed by atoms with Gasteiger partial charge >= 0.3 is 0 Å². The number of aliphatic hydroxyl groups is 1. The predicted molar refractivity (Wildman–Crippen MR) is 102 cm³/mol. The number of hydrogen-bond acceptors (Lipinski definition) is 3. The van der Waals surface area contributed by atoms with Crippen LogP contribution in [0.3, 0.4) is 0 Å². The molecular formula is C18H26Cl2N2O2. The fourth-order valence-corrected chi connectivity index (χ4v) is 2.02. The summed E-state index contributed by atoms with van der Waals surface area (Å²) in [5, 5.41) is 12.8. The lowest BCUT2D eigenvalue weighted by Gasteiger charge is -2.20. The third kappa shape index (κ3) is 6.27. The van der Waals surface area contributed by atoms with Gasteiger partial charge < -0.3 is 5.11 Å². The minimum absolute atomic E-state index is 0. The van der Waals surface area contributed by atoms with E-state index in [9.17, 15) is 4.79 Å². The number of aliphatic hydroxyl groups excluding tert-OH is 1. The highest BCUT2D eigenvalue weighted by molar-refractivity contribution is 6.41. The van der Waals surface area contributed by atoms with E-state index < -0.39 is 0 Å². The van der Waals surface area contributed by atoms with Crippen LogP contribution in [0.1, 0.15) is 46.2 Å². The molecule has 4 nitrogen and oxygen atoms in total. The fraction of sp³-hybridized carbons (Fsp3) is 0.444. The van der Waals surface area contributed by atoms with Crippen LogP contribution in [0, 0.1) is 0 Å². The highest BCUT2D eigenvalue weighted by atomic mass is 35.5. The second kappa shape index (κ2) is 9.82. The molecule has 0 aliphatic rings. The molecule has 0 amide bonds. The molecule has 0 saturated carbocycles. The molecule has 0 spiro atoms. The molecule has 134 valence electrons. The number of nitrogens with zero attached hydrogens (tertiary/aromatic N) is 2. The second-order valence-corrected chi connectivity index (χ2v) is 6.81. The predicted octanol–water partition coefficient (Wildman–Crippen LogP) is 4.68. The Morgan fingerprint density at radius 3 is 2.04 bits per heavy atom. The average molecular weight is 373 g/mol. The van der Waals surface area contributed by atoms with E-state index in [4.69, 9.17) is 28.3 Å². The molecule has 0 bridgehead atoms. The number of aromatic nitrogens is 2. The Morgan fingerprint density at radius 2 is 1.62 bits per heavy atom. The number of halogens is 2. The minimum Gasteiger partial charge on any atom is -0.392 e. The van der Waals surface area contributed by atoms with Crippen molar-refractivity contribution < 1.29 is 5.11 Å². The van der Waals surface area contributed by atoms with Crippen LogP contribution >= 0.6 is 23.2 Å². The first-order valence-electron chi connectivity index (χ1n) is 7.33. The van der Waals surface area contributed by atoms with Gasteiger partial charge in [-0.15, -0.1) is 0 Å². The first-order chi connectivity index (χ1) is 10.7. The lowest BCUT2D eigenvalue weighted by atomic mass is 10.1. The van der Waals surface area contributed by atoms with Crippen LogP contribution in [0.5, 0.6) is 0 Å². The second-order valence-electron chi connectivity index (χ2n) is 6.02. The summed E-state index contributed by atoms with van der Waals surface area (Å²) in [7, 11) is 0. The molecule has 2 rings (SSSR count). The number of aryl methyl sites for hydroxylation is 1. The third-order valence-corrected chi connectivity index (χ3v) is 3.87. The van der Waals surface area contributed by atoms with Crippen LogP contribution in [-0.4, -0.2) is 14.9 Å². The topological polar surface area (TPSA) is 55.1 Å². The monoisotopic (exact) mass is 372 g/mol. The summed E-state index contributed by atoms with van der Waals surface area (Å²) in [4.78, 5) is 11.5. The lowest BCUT2D eigenvalue weighted by molar-refractivity contribution is 0.282. The first kappa shape index (κ1) is 22.6. The van der Waals surface area contributed by atoms with Crippen molar-refractivity contribution in [3.05, 3.63) is 62.0 Å². The number of benzene rings is 1. The summed E-state index contributed by atoms with van der Waals surface area (Å²) < 4.78 is 1.31. The maximum absolute atomic E-state index is 11.5. The van der Waals surface area contributed by atoms with E-state index in [0.29, 0.717) is 0 Å². The van der Waals surface area contributed by atoms with E-state index in [0.717, 1.165) is 12.0 Å². The number of hydrogen-bond donors (Lipinski definition) is 1. The third-order valence-electron chi connectivity index (χ3n) is 3.13. The molecule has 0 atom stereocenters. The maximum Gasteiger partial charge on any atom is 0.287 e. The van der Waals surface area contributed by atoms with E-state index in [-0.39, 0.29) is 35.2 Å². The van der Waals surface area contributed by atoms with Crippen LogP contribution in [0.2, 0.25) is 10.0 Å². The molecular weight excluding hydrogens is 347 g/mol. The minimum atomic E-state index is -0.384. The molecule has 2 aromatic rings. The van der Waals surface area contributed by atoms with Gasteiger partial charge in [-0.2, -0.15) is 5.10 Å². The Kier molecular flexibility index (Phi) is 9.26. The van der Waals surface area contributed by atoms with Gasteiger partial charge in [-0.25, -0.2) is 4.68 Å². The van der Waals surface area contributed by atoms with Gasteiger partial charge in [-0.05, 0) is 38.3 Å². The molecule has 1 aromatic carbocycles. The van der Waals surface area contributed by atoms with Gasteiger partial charge in [0.2, 0.25) is 0 Å². The van der Waals surface area contributed by atoms with Crippen LogP contribution in [-0.2, 0) is 18.6 Å². The standard InChI is InChI=1S/C9H12O.C8H10Cl2N2O.CH4/c1-2-8-3-5-9(7-10)6-4-8;1-8(2,3)12-7(13)6(10)5(9)4-11-12;/h3-6,10H,2,7H2,1H3;4H,1-3H3;1H4. The quantitative estimate of drug-likeness (QED) is 0.831. The van der Waals surface area contributed by atoms with E-state index >= 15 is 0 Å². The molecule has 0 unspecified atom stereocenters. The summed E-state index contributed by atoms with van der Waals surface area (Å²) in [6.07, 6.45) is 2.43. The molecule has 1 N–H and O–H groups in total. The SMILES string of the molecule is C.CC(C)(C)n1ncc(Cl)c(Cl)c1=O.CCc1ccc(CO)cc1. The van der Waals surface area contributed by atoms with Crippen molar-refractivity contribution in [2.24, 2.45) is 0 Å². The molecule has 0 aliphatic heterocycles. The van der Waals surface area contributed by atoms with Gasteiger partial charge in [-0.1, -0.05) is 61.8 Å². The summed E-state index contributed by atoms with van der Waals surface area (Å²) in [6.45, 7) is 7.86. The fourth-order valence-electron chi connectivity index (χ4n) is 1.77. The summed E-state index contributed by atoms with van der Waals surface area (Å²) in [6, 6.07) is 8.01. The van der Waals surface area contributed by atoms with Crippen molar-refractivity contribution in [3.8, 4) is 0 Å². The molecule has 0 fully saturated rings. The average Bonchev–Trinajstić information content (AvgIpc) is 2.52. The highest BCUT2D eigenvalue weighted by Crippen LogP contribution is 2.17. The number of rotatable bonds is 2. The van der Waals surface area contributed by atoms with Gasteiger partial charge in [-0.3, -0.25) is 4.79 Å². The summed E-state index contributed by atoms with van der Waals surface area (Å²) in [5.74, 6) is 0. The van der Waals surface area contributed by atoms with E-state index in [2.05, 4.69) is 12.0 Å². The molecule has 6 heteroatoms. The molecule has 0 aliphatic carbocycles. The zero-order valence-corrected chi connectivity index (χ0v) is 15.3. The Labute approximate surface area is 154 Å². The highest BCUT2D eigenvalue weighted by Gasteiger charge is 2.18. The molecule has 1 aromatic heterocycles. The van der Waals surface area contributed by atoms with E-state index in [1.807, 2.05) is 45.0 Å². The van der Waals surface area contributed by atoms with Gasteiger partial charge in [0.25, 0.3) is 5.56 Å². The zero-order valence-electron chi connectivity index (χ0n) is 13.8.